The molecule has 1 N–H and O–H groups in total. The van der Waals surface area contributed by atoms with Gasteiger partial charge in [0.05, 0.1) is 0 Å². The zero-order valence-corrected chi connectivity index (χ0v) is 12.8. The van der Waals surface area contributed by atoms with Crippen LogP contribution in [-0.2, 0) is 5.41 Å². The molecular weight excluding hydrogens is 286 g/mol. The number of hydrogen-bond donors (Lipinski definition) is 1. The molecule has 0 bridgehead atoms. The van der Waals surface area contributed by atoms with Crippen molar-refractivity contribution in [3.05, 3.63) is 95.3 Å². The van der Waals surface area contributed by atoms with Gasteiger partial charge in [-0.3, -0.25) is 9.78 Å². The first-order valence-corrected chi connectivity index (χ1v) is 7.40. The summed E-state index contributed by atoms with van der Waals surface area (Å²) in [5, 5.41) is 9.58. The molecule has 2 aromatic carbocycles. The van der Waals surface area contributed by atoms with Gasteiger partial charge in [-0.1, -0.05) is 36.4 Å². The minimum Gasteiger partial charge on any atom is -0.508 e. The Bertz CT molecular complexity index is 795. The first-order valence-electron chi connectivity index (χ1n) is 7.40. The molecule has 1 aromatic heterocycles. The first kappa shape index (κ1) is 15.0. The van der Waals surface area contributed by atoms with Crippen LogP contribution in [0.3, 0.4) is 0 Å². The van der Waals surface area contributed by atoms with Gasteiger partial charge in [0.25, 0.3) is 0 Å². The van der Waals surface area contributed by atoms with Gasteiger partial charge in [-0.15, -0.1) is 0 Å². The lowest BCUT2D eigenvalue weighted by molar-refractivity contribution is 0.112. The van der Waals surface area contributed by atoms with E-state index in [9.17, 15) is 9.90 Å². The van der Waals surface area contributed by atoms with Crippen LogP contribution in [0.2, 0.25) is 0 Å². The molecule has 1 heterocycles. The molecular formula is C20H17NO2. The Morgan fingerprint density at radius 2 is 1.30 bits per heavy atom. The van der Waals surface area contributed by atoms with Gasteiger partial charge in [-0.2, -0.15) is 0 Å². The standard InChI is InChI=1S/C20H17NO2/c1-20(18-10-12-21-13-11-18,17-6-8-19(23)9-7-17)16-4-2-15(14-22)3-5-16/h2-14,23H,1H3. The second-order valence-electron chi connectivity index (χ2n) is 5.65. The molecule has 0 radical (unpaired) electrons. The predicted molar refractivity (Wildman–Crippen MR) is 89.7 cm³/mol. The molecule has 1 atom stereocenters. The third-order valence-corrected chi connectivity index (χ3v) is 4.33. The number of rotatable bonds is 4. The number of phenols is 1. The van der Waals surface area contributed by atoms with Crippen molar-refractivity contribution in [3.63, 3.8) is 0 Å². The van der Waals surface area contributed by atoms with Crippen LogP contribution in [0.5, 0.6) is 5.75 Å². The summed E-state index contributed by atoms with van der Waals surface area (Å²) in [6.07, 6.45) is 4.38. The second-order valence-corrected chi connectivity index (χ2v) is 5.65. The van der Waals surface area contributed by atoms with Crippen molar-refractivity contribution in [3.8, 4) is 5.75 Å². The minimum atomic E-state index is -0.405. The van der Waals surface area contributed by atoms with E-state index in [4.69, 9.17) is 0 Å². The third kappa shape index (κ3) is 2.73. The highest BCUT2D eigenvalue weighted by Gasteiger charge is 2.31. The van der Waals surface area contributed by atoms with Crippen molar-refractivity contribution in [1.82, 2.24) is 4.98 Å². The molecule has 1 unspecified atom stereocenters. The molecule has 0 saturated heterocycles. The fourth-order valence-corrected chi connectivity index (χ4v) is 2.88. The van der Waals surface area contributed by atoms with E-state index in [1.54, 1.807) is 24.5 Å². The van der Waals surface area contributed by atoms with Crippen molar-refractivity contribution in [2.45, 2.75) is 12.3 Å². The Morgan fingerprint density at radius 3 is 1.83 bits per heavy atom. The van der Waals surface area contributed by atoms with Crippen molar-refractivity contribution in [2.24, 2.45) is 0 Å². The number of carbonyl (C=O) groups excluding carboxylic acids is 1. The van der Waals surface area contributed by atoms with Crippen LogP contribution < -0.4 is 0 Å². The lowest BCUT2D eigenvalue weighted by atomic mass is 9.71. The van der Waals surface area contributed by atoms with Gasteiger partial charge in [0, 0.05) is 23.4 Å². The van der Waals surface area contributed by atoms with Gasteiger partial charge in [0.1, 0.15) is 12.0 Å². The topological polar surface area (TPSA) is 50.2 Å². The van der Waals surface area contributed by atoms with Crippen molar-refractivity contribution in [2.75, 3.05) is 0 Å². The monoisotopic (exact) mass is 303 g/mol. The van der Waals surface area contributed by atoms with Crippen molar-refractivity contribution in [1.29, 1.82) is 0 Å². The summed E-state index contributed by atoms with van der Waals surface area (Å²) in [6.45, 7) is 2.13. The lowest BCUT2D eigenvalue weighted by Crippen LogP contribution is -2.25. The van der Waals surface area contributed by atoms with Crippen LogP contribution >= 0.6 is 0 Å². The average Bonchev–Trinajstić information content (AvgIpc) is 2.62. The number of aromatic nitrogens is 1. The minimum absolute atomic E-state index is 0.238. The van der Waals surface area contributed by atoms with Gasteiger partial charge < -0.3 is 5.11 Å². The quantitative estimate of drug-likeness (QED) is 0.742. The van der Waals surface area contributed by atoms with Gasteiger partial charge in [0.2, 0.25) is 0 Å². The largest absolute Gasteiger partial charge is 0.508 e. The van der Waals surface area contributed by atoms with Crippen LogP contribution in [-0.4, -0.2) is 16.4 Å². The number of benzene rings is 2. The fourth-order valence-electron chi connectivity index (χ4n) is 2.88. The summed E-state index contributed by atoms with van der Waals surface area (Å²) in [4.78, 5) is 15.0. The molecule has 3 rings (SSSR count). The van der Waals surface area contributed by atoms with E-state index >= 15 is 0 Å². The van der Waals surface area contributed by atoms with Gasteiger partial charge in [-0.25, -0.2) is 0 Å². The zero-order valence-electron chi connectivity index (χ0n) is 12.8. The summed E-state index contributed by atoms with van der Waals surface area (Å²) < 4.78 is 0. The Kier molecular flexibility index (Phi) is 3.94. The Hall–Kier alpha value is -2.94. The number of pyridine rings is 1. The normalized spacial score (nSPS) is 13.3. The molecule has 3 aromatic rings. The molecule has 0 aliphatic rings. The number of aromatic hydroxyl groups is 1. The maximum Gasteiger partial charge on any atom is 0.150 e. The highest BCUT2D eigenvalue weighted by molar-refractivity contribution is 5.74. The summed E-state index contributed by atoms with van der Waals surface area (Å²) in [5.74, 6) is 0.238. The molecule has 0 spiro atoms. The summed E-state index contributed by atoms with van der Waals surface area (Å²) in [6, 6.07) is 18.8. The van der Waals surface area contributed by atoms with Crippen LogP contribution in [0.4, 0.5) is 0 Å². The maximum atomic E-state index is 10.9. The zero-order chi connectivity index (χ0) is 16.3. The van der Waals surface area contributed by atoms with Gasteiger partial charge in [0.15, 0.2) is 0 Å². The van der Waals surface area contributed by atoms with Crippen molar-refractivity contribution < 1.29 is 9.90 Å². The SMILES string of the molecule is CC(c1ccncc1)(c1ccc(O)cc1)c1ccc(C=O)cc1. The van der Waals surface area contributed by atoms with Gasteiger partial charge in [-0.05, 0) is 47.9 Å². The molecule has 3 heteroatoms. The smallest absolute Gasteiger partial charge is 0.150 e. The molecule has 3 nitrogen and oxygen atoms in total. The van der Waals surface area contributed by atoms with E-state index in [2.05, 4.69) is 11.9 Å². The number of nitrogens with zero attached hydrogens (tertiary/aromatic N) is 1. The van der Waals surface area contributed by atoms with E-state index in [1.165, 1.54) is 0 Å². The van der Waals surface area contributed by atoms with Crippen LogP contribution in [0.25, 0.3) is 0 Å². The Labute approximate surface area is 135 Å². The van der Waals surface area contributed by atoms with Crippen LogP contribution in [0.1, 0.15) is 34.0 Å². The van der Waals surface area contributed by atoms with E-state index in [0.29, 0.717) is 5.56 Å². The average molecular weight is 303 g/mol. The predicted octanol–water partition coefficient (Wildman–Crippen LogP) is 3.95. The van der Waals surface area contributed by atoms with Crippen LogP contribution in [0, 0.1) is 0 Å². The summed E-state index contributed by atoms with van der Waals surface area (Å²) in [7, 11) is 0. The number of carbonyl (C=O) groups is 1. The third-order valence-electron chi connectivity index (χ3n) is 4.33. The second kappa shape index (κ2) is 6.05. The molecule has 23 heavy (non-hydrogen) atoms. The molecule has 0 aliphatic heterocycles. The highest BCUT2D eigenvalue weighted by atomic mass is 16.3. The van der Waals surface area contributed by atoms with Crippen molar-refractivity contribution >= 4 is 6.29 Å². The summed E-state index contributed by atoms with van der Waals surface area (Å²) in [5.41, 5.74) is 3.46. The molecule has 114 valence electrons. The molecule has 0 amide bonds. The maximum absolute atomic E-state index is 10.9. The van der Waals surface area contributed by atoms with E-state index < -0.39 is 5.41 Å². The van der Waals surface area contributed by atoms with Crippen LogP contribution in [0.15, 0.2) is 73.1 Å². The molecule has 0 saturated carbocycles. The number of phenolic OH excluding ortho intramolecular Hbond substituents is 1. The van der Waals surface area contributed by atoms with E-state index in [0.717, 1.165) is 23.0 Å². The van der Waals surface area contributed by atoms with Gasteiger partial charge >= 0.3 is 0 Å². The molecule has 0 aliphatic carbocycles. The highest BCUT2D eigenvalue weighted by Crippen LogP contribution is 2.39. The summed E-state index contributed by atoms with van der Waals surface area (Å²) >= 11 is 0. The van der Waals surface area contributed by atoms with E-state index in [1.807, 2.05) is 48.5 Å². The first-order chi connectivity index (χ1) is 11.1. The Balaban J connectivity index is 2.20. The fraction of sp³-hybridized carbons (Fsp3) is 0.100. The Morgan fingerprint density at radius 1 is 0.826 bits per heavy atom. The number of hydrogen-bond acceptors (Lipinski definition) is 3. The van der Waals surface area contributed by atoms with E-state index in [-0.39, 0.29) is 5.75 Å². The molecule has 0 fully saturated rings. The number of aldehydes is 1. The lowest BCUT2D eigenvalue weighted by Gasteiger charge is -2.31.